The van der Waals surface area contributed by atoms with Crippen LogP contribution in [0.2, 0.25) is 0 Å². The number of benzene rings is 9. The minimum Gasteiger partial charge on any atom is -0.310 e. The van der Waals surface area contributed by atoms with Gasteiger partial charge in [-0.2, -0.15) is 0 Å². The zero-order chi connectivity index (χ0) is 48.0. The van der Waals surface area contributed by atoms with Crippen LogP contribution in [-0.2, 0) is 10.8 Å². The maximum atomic E-state index is 14.6. The molecule has 69 heavy (non-hydrogen) atoms. The van der Waals surface area contributed by atoms with Crippen LogP contribution in [0.1, 0.15) is 92.9 Å². The van der Waals surface area contributed by atoms with Crippen molar-refractivity contribution in [2.75, 3.05) is 9.80 Å². The number of hydrogen-bond donors (Lipinski definition) is 0. The molecular formula is C65H56N2O2. The Labute approximate surface area is 407 Å². The van der Waals surface area contributed by atoms with E-state index in [9.17, 15) is 9.59 Å². The Bertz CT molecular complexity index is 3280. The van der Waals surface area contributed by atoms with E-state index < -0.39 is 0 Å². The highest BCUT2D eigenvalue weighted by Gasteiger charge is 2.38. The monoisotopic (exact) mass is 896 g/mol. The summed E-state index contributed by atoms with van der Waals surface area (Å²) in [7, 11) is 0. The van der Waals surface area contributed by atoms with Gasteiger partial charge in [-0.15, -0.1) is 0 Å². The van der Waals surface area contributed by atoms with E-state index >= 15 is 0 Å². The van der Waals surface area contributed by atoms with Gasteiger partial charge in [0.15, 0.2) is 5.78 Å². The molecule has 0 aliphatic carbocycles. The number of ketones is 1. The predicted molar refractivity (Wildman–Crippen MR) is 287 cm³/mol. The second kappa shape index (κ2) is 17.9. The van der Waals surface area contributed by atoms with Gasteiger partial charge in [-0.25, -0.2) is 0 Å². The first-order chi connectivity index (χ1) is 33.3. The molecule has 4 nitrogen and oxygen atoms in total. The highest BCUT2D eigenvalue weighted by molar-refractivity contribution is 6.14. The largest absolute Gasteiger partial charge is 0.310 e. The third kappa shape index (κ3) is 8.06. The van der Waals surface area contributed by atoms with Crippen molar-refractivity contribution in [1.29, 1.82) is 0 Å². The van der Waals surface area contributed by atoms with E-state index in [-0.39, 0.29) is 16.6 Å². The first-order valence-corrected chi connectivity index (χ1v) is 23.8. The minimum atomic E-state index is -0.129. The van der Waals surface area contributed by atoms with Crippen molar-refractivity contribution < 1.29 is 9.59 Å². The Morgan fingerprint density at radius 3 is 1.17 bits per heavy atom. The van der Waals surface area contributed by atoms with Gasteiger partial charge in [0.2, 0.25) is 0 Å². The van der Waals surface area contributed by atoms with Gasteiger partial charge in [0, 0.05) is 38.9 Å². The van der Waals surface area contributed by atoms with Crippen LogP contribution in [0.15, 0.2) is 206 Å². The fraction of sp³-hybridized carbons (Fsp3) is 0.138. The molecular weight excluding hydrogens is 841 g/mol. The standard InChI is InChI=1S/C57H48N2O.C8H8O/c1-37-23-25-41(26-24-37)55(60)46-36-44(39-27-31-42(32-28-39)58-51-19-11-7-15-47(51)56(3,4)48-16-8-12-20-52(48)58)38(2)35-45(46)40-29-33-43(34-30-40)59-53-21-13-9-17-49(53)57(5,6)50-18-10-14-22-54(50)59;1-7-2-4-8(6-9)5-3-7/h7-36H,1-6H3;2-6H,1H3. The molecule has 2 heterocycles. The quantitative estimate of drug-likeness (QED) is 0.118. The van der Waals surface area contributed by atoms with Crippen LogP contribution in [0, 0.1) is 20.8 Å². The molecule has 0 amide bonds. The molecule has 0 unspecified atom stereocenters. The molecule has 11 rings (SSSR count). The Morgan fingerprint density at radius 1 is 0.420 bits per heavy atom. The van der Waals surface area contributed by atoms with E-state index in [2.05, 4.69) is 209 Å². The zero-order valence-electron chi connectivity index (χ0n) is 40.4. The topological polar surface area (TPSA) is 40.6 Å². The van der Waals surface area contributed by atoms with Crippen LogP contribution in [0.5, 0.6) is 0 Å². The first-order valence-electron chi connectivity index (χ1n) is 23.8. The van der Waals surface area contributed by atoms with Crippen LogP contribution >= 0.6 is 0 Å². The summed E-state index contributed by atoms with van der Waals surface area (Å²) in [6, 6.07) is 72.2. The van der Waals surface area contributed by atoms with Crippen molar-refractivity contribution in [3.05, 3.63) is 262 Å². The number of rotatable bonds is 7. The molecule has 0 saturated heterocycles. The lowest BCUT2D eigenvalue weighted by atomic mass is 9.73. The molecule has 338 valence electrons. The van der Waals surface area contributed by atoms with Gasteiger partial charge >= 0.3 is 0 Å². The Hall–Kier alpha value is -8.08. The van der Waals surface area contributed by atoms with Crippen LogP contribution in [0.3, 0.4) is 0 Å². The smallest absolute Gasteiger partial charge is 0.193 e. The lowest BCUT2D eigenvalue weighted by molar-refractivity contribution is 0.103. The van der Waals surface area contributed by atoms with Gasteiger partial charge < -0.3 is 9.80 Å². The van der Waals surface area contributed by atoms with E-state index in [0.29, 0.717) is 11.1 Å². The maximum absolute atomic E-state index is 14.6. The van der Waals surface area contributed by atoms with Crippen molar-refractivity contribution in [2.45, 2.75) is 59.3 Å². The number of carbonyl (C=O) groups excluding carboxylic acids is 2. The molecule has 0 N–H and O–H groups in total. The molecule has 0 atom stereocenters. The number of hydrogen-bond acceptors (Lipinski definition) is 4. The van der Waals surface area contributed by atoms with Crippen LogP contribution in [0.4, 0.5) is 34.1 Å². The van der Waals surface area contributed by atoms with Gasteiger partial charge in [-0.1, -0.05) is 190 Å². The average Bonchev–Trinajstić information content (AvgIpc) is 3.37. The number of para-hydroxylation sites is 4. The van der Waals surface area contributed by atoms with Gasteiger partial charge in [0.25, 0.3) is 0 Å². The summed E-state index contributed by atoms with van der Waals surface area (Å²) in [6.07, 6.45) is 0.847. The number of aldehydes is 1. The van der Waals surface area contributed by atoms with E-state index in [1.807, 2.05) is 55.5 Å². The minimum absolute atomic E-state index is 0.0113. The third-order valence-electron chi connectivity index (χ3n) is 14.3. The van der Waals surface area contributed by atoms with E-state index in [1.165, 1.54) is 50.6 Å². The van der Waals surface area contributed by atoms with Crippen molar-refractivity contribution in [1.82, 2.24) is 0 Å². The fourth-order valence-electron chi connectivity index (χ4n) is 10.4. The lowest BCUT2D eigenvalue weighted by Gasteiger charge is -2.42. The summed E-state index contributed by atoms with van der Waals surface area (Å²) < 4.78 is 0. The van der Waals surface area contributed by atoms with Crippen molar-refractivity contribution in [3.63, 3.8) is 0 Å². The van der Waals surface area contributed by atoms with Crippen LogP contribution in [-0.4, -0.2) is 12.1 Å². The van der Waals surface area contributed by atoms with Gasteiger partial charge in [-0.05, 0) is 125 Å². The molecule has 2 aliphatic rings. The average molecular weight is 897 g/mol. The van der Waals surface area contributed by atoms with Crippen LogP contribution in [0.25, 0.3) is 22.3 Å². The second-order valence-electron chi connectivity index (χ2n) is 19.5. The molecule has 0 spiro atoms. The van der Waals surface area contributed by atoms with E-state index in [1.54, 1.807) is 0 Å². The summed E-state index contributed by atoms with van der Waals surface area (Å²) in [5.74, 6) is 0.0113. The summed E-state index contributed by atoms with van der Waals surface area (Å²) in [5, 5.41) is 0. The SMILES string of the molecule is Cc1ccc(C(=O)c2cc(-c3ccc(N4c5ccccc5C(C)(C)c5ccccc54)cc3)c(C)cc2-c2ccc(N3c4ccccc4C(C)(C)c4ccccc43)cc2)cc1.Cc1ccc(C=O)cc1. The summed E-state index contributed by atoms with van der Waals surface area (Å²) >= 11 is 0. The molecule has 9 aromatic rings. The molecule has 0 saturated carbocycles. The van der Waals surface area contributed by atoms with Crippen molar-refractivity contribution in [2.24, 2.45) is 0 Å². The number of nitrogens with zero attached hydrogens (tertiary/aromatic N) is 2. The molecule has 0 bridgehead atoms. The molecule has 2 aliphatic heterocycles. The molecule has 0 aromatic heterocycles. The summed E-state index contributed by atoms with van der Waals surface area (Å²) in [4.78, 5) is 29.5. The van der Waals surface area contributed by atoms with Crippen molar-refractivity contribution >= 4 is 46.2 Å². The van der Waals surface area contributed by atoms with E-state index in [0.717, 1.165) is 56.6 Å². The number of anilines is 6. The predicted octanol–water partition coefficient (Wildman–Crippen LogP) is 16.9. The van der Waals surface area contributed by atoms with Crippen LogP contribution < -0.4 is 9.80 Å². The highest BCUT2D eigenvalue weighted by Crippen LogP contribution is 2.53. The molecule has 4 heteroatoms. The maximum Gasteiger partial charge on any atom is 0.193 e. The summed E-state index contributed by atoms with van der Waals surface area (Å²) in [6.45, 7) is 15.5. The first kappa shape index (κ1) is 44.7. The fourth-order valence-corrected chi connectivity index (χ4v) is 10.4. The van der Waals surface area contributed by atoms with Gasteiger partial charge in [-0.3, -0.25) is 9.59 Å². The second-order valence-corrected chi connectivity index (χ2v) is 19.5. The molecule has 0 radical (unpaired) electrons. The summed E-state index contributed by atoms with van der Waals surface area (Å²) in [5.41, 5.74) is 21.5. The number of carbonyl (C=O) groups is 2. The van der Waals surface area contributed by atoms with Gasteiger partial charge in [0.05, 0.1) is 22.7 Å². The number of fused-ring (bicyclic) bond motifs is 4. The van der Waals surface area contributed by atoms with E-state index in [4.69, 9.17) is 0 Å². The molecule has 0 fully saturated rings. The zero-order valence-corrected chi connectivity index (χ0v) is 40.4. The third-order valence-corrected chi connectivity index (χ3v) is 14.3. The lowest BCUT2D eigenvalue weighted by Crippen LogP contribution is -2.30. The Morgan fingerprint density at radius 2 is 0.783 bits per heavy atom. The normalized spacial score (nSPS) is 13.7. The van der Waals surface area contributed by atoms with Gasteiger partial charge in [0.1, 0.15) is 6.29 Å². The van der Waals surface area contributed by atoms with Crippen molar-refractivity contribution in [3.8, 4) is 22.3 Å². The number of aryl methyl sites for hydroxylation is 3. The molecule has 9 aromatic carbocycles. The Kier molecular flexibility index (Phi) is 11.6. The highest BCUT2D eigenvalue weighted by atomic mass is 16.1. The Balaban J connectivity index is 0.000000554.